The molecule has 0 heterocycles. The van der Waals surface area contributed by atoms with E-state index in [1.807, 2.05) is 6.92 Å². The number of methoxy groups -OCH3 is 1. The van der Waals surface area contributed by atoms with Crippen molar-refractivity contribution in [3.63, 3.8) is 0 Å². The van der Waals surface area contributed by atoms with E-state index in [1.165, 1.54) is 25.3 Å². The Labute approximate surface area is 166 Å². The Bertz CT molecular complexity index is 826. The maximum Gasteiger partial charge on any atom is 0.387 e. The Morgan fingerprint density at radius 3 is 2.41 bits per heavy atom. The van der Waals surface area contributed by atoms with Gasteiger partial charge in [-0.15, -0.1) is 0 Å². The Morgan fingerprint density at radius 2 is 1.79 bits per heavy atom. The third kappa shape index (κ3) is 6.95. The molecule has 0 spiro atoms. The van der Waals surface area contributed by atoms with Gasteiger partial charge in [0.05, 0.1) is 13.7 Å². The predicted molar refractivity (Wildman–Crippen MR) is 99.4 cm³/mol. The van der Waals surface area contributed by atoms with Gasteiger partial charge in [0.1, 0.15) is 18.9 Å². The van der Waals surface area contributed by atoms with Crippen LogP contribution in [-0.2, 0) is 16.1 Å². The fourth-order valence-corrected chi connectivity index (χ4v) is 2.33. The SMILES string of the molecule is CCOc1ccc(C(=O)NCC(=O)OCc2ccc(OC(F)F)c(OC)c2)cc1. The van der Waals surface area contributed by atoms with Gasteiger partial charge in [-0.05, 0) is 48.9 Å². The summed E-state index contributed by atoms with van der Waals surface area (Å²) in [6.45, 7) is -1.05. The first kappa shape index (κ1) is 21.9. The summed E-state index contributed by atoms with van der Waals surface area (Å²) in [6.07, 6.45) is 0. The number of nitrogens with one attached hydrogen (secondary N) is 1. The summed E-state index contributed by atoms with van der Waals surface area (Å²) in [7, 11) is 1.31. The minimum Gasteiger partial charge on any atom is -0.494 e. The quantitative estimate of drug-likeness (QED) is 0.607. The molecule has 156 valence electrons. The Kier molecular flexibility index (Phi) is 8.20. The first-order valence-electron chi connectivity index (χ1n) is 8.71. The molecule has 0 aliphatic carbocycles. The Balaban J connectivity index is 1.82. The van der Waals surface area contributed by atoms with Crippen molar-refractivity contribution in [3.05, 3.63) is 53.6 Å². The predicted octanol–water partition coefficient (Wildman–Crippen LogP) is 3.17. The lowest BCUT2D eigenvalue weighted by Gasteiger charge is -2.12. The van der Waals surface area contributed by atoms with Crippen LogP contribution in [0.3, 0.4) is 0 Å². The smallest absolute Gasteiger partial charge is 0.387 e. The van der Waals surface area contributed by atoms with Crippen molar-refractivity contribution >= 4 is 11.9 Å². The van der Waals surface area contributed by atoms with Gasteiger partial charge in [-0.2, -0.15) is 8.78 Å². The summed E-state index contributed by atoms with van der Waals surface area (Å²) in [6, 6.07) is 10.7. The van der Waals surface area contributed by atoms with Gasteiger partial charge in [0, 0.05) is 5.56 Å². The molecule has 7 nitrogen and oxygen atoms in total. The third-order valence-corrected chi connectivity index (χ3v) is 3.66. The Hall–Kier alpha value is -3.36. The van der Waals surface area contributed by atoms with Crippen molar-refractivity contribution in [3.8, 4) is 17.2 Å². The van der Waals surface area contributed by atoms with Crippen molar-refractivity contribution in [2.45, 2.75) is 20.1 Å². The number of hydrogen-bond donors (Lipinski definition) is 1. The fourth-order valence-electron chi connectivity index (χ4n) is 2.33. The summed E-state index contributed by atoms with van der Waals surface area (Å²) >= 11 is 0. The van der Waals surface area contributed by atoms with E-state index in [1.54, 1.807) is 24.3 Å². The van der Waals surface area contributed by atoms with Crippen LogP contribution in [0, 0.1) is 0 Å². The van der Waals surface area contributed by atoms with Gasteiger partial charge in [0.25, 0.3) is 5.91 Å². The van der Waals surface area contributed by atoms with E-state index in [0.717, 1.165) is 0 Å². The van der Waals surface area contributed by atoms with Gasteiger partial charge < -0.3 is 24.3 Å². The molecule has 0 atom stereocenters. The van der Waals surface area contributed by atoms with Gasteiger partial charge >= 0.3 is 12.6 Å². The first-order valence-corrected chi connectivity index (χ1v) is 8.71. The van der Waals surface area contributed by atoms with E-state index < -0.39 is 18.5 Å². The molecular weight excluding hydrogens is 388 g/mol. The van der Waals surface area contributed by atoms with Crippen molar-refractivity contribution in [1.82, 2.24) is 5.32 Å². The standard InChI is InChI=1S/C20H21F2NO6/c1-3-27-15-7-5-14(6-8-15)19(25)23-11-18(24)28-12-13-4-9-16(29-20(21)22)17(10-13)26-2/h4-10,20H,3,11-12H2,1-2H3,(H,23,25). The zero-order valence-electron chi connectivity index (χ0n) is 15.9. The second-order valence-corrected chi connectivity index (χ2v) is 5.66. The summed E-state index contributed by atoms with van der Waals surface area (Å²) in [5, 5.41) is 2.46. The van der Waals surface area contributed by atoms with Gasteiger partial charge in [0.2, 0.25) is 0 Å². The highest BCUT2D eigenvalue weighted by Crippen LogP contribution is 2.29. The number of alkyl halides is 2. The number of carbonyl (C=O) groups is 2. The van der Waals surface area contributed by atoms with Crippen molar-refractivity contribution in [1.29, 1.82) is 0 Å². The highest BCUT2D eigenvalue weighted by molar-refractivity contribution is 5.96. The van der Waals surface area contributed by atoms with Gasteiger partial charge in [-0.25, -0.2) is 0 Å². The zero-order valence-corrected chi connectivity index (χ0v) is 15.9. The highest BCUT2D eigenvalue weighted by atomic mass is 19.3. The number of benzene rings is 2. The third-order valence-electron chi connectivity index (χ3n) is 3.66. The molecule has 0 bridgehead atoms. The van der Waals surface area contributed by atoms with Crippen LogP contribution in [-0.4, -0.2) is 38.7 Å². The number of amides is 1. The van der Waals surface area contributed by atoms with E-state index in [-0.39, 0.29) is 24.7 Å². The van der Waals surface area contributed by atoms with Gasteiger partial charge in [-0.1, -0.05) is 6.07 Å². The number of hydrogen-bond acceptors (Lipinski definition) is 6. The molecule has 2 aromatic rings. The molecule has 2 aromatic carbocycles. The van der Waals surface area contributed by atoms with E-state index in [9.17, 15) is 18.4 Å². The van der Waals surface area contributed by atoms with Crippen LogP contribution in [0.1, 0.15) is 22.8 Å². The molecule has 1 N–H and O–H groups in total. The Morgan fingerprint density at radius 1 is 1.07 bits per heavy atom. The number of esters is 1. The minimum atomic E-state index is -2.98. The fraction of sp³-hybridized carbons (Fsp3) is 0.300. The second-order valence-electron chi connectivity index (χ2n) is 5.66. The molecule has 29 heavy (non-hydrogen) atoms. The summed E-state index contributed by atoms with van der Waals surface area (Å²) in [5.41, 5.74) is 0.885. The van der Waals surface area contributed by atoms with Crippen LogP contribution in [0.15, 0.2) is 42.5 Å². The molecule has 0 aromatic heterocycles. The van der Waals surface area contributed by atoms with E-state index >= 15 is 0 Å². The topological polar surface area (TPSA) is 83.1 Å². The molecule has 0 saturated carbocycles. The van der Waals surface area contributed by atoms with E-state index in [0.29, 0.717) is 23.5 Å². The van der Waals surface area contributed by atoms with E-state index in [4.69, 9.17) is 14.2 Å². The summed E-state index contributed by atoms with van der Waals surface area (Å²) in [5.74, 6) is -0.483. The van der Waals surface area contributed by atoms with Crippen molar-refractivity contribution in [2.24, 2.45) is 0 Å². The molecule has 2 rings (SSSR count). The molecule has 9 heteroatoms. The van der Waals surface area contributed by atoms with Crippen molar-refractivity contribution < 1.29 is 37.3 Å². The van der Waals surface area contributed by atoms with E-state index in [2.05, 4.69) is 10.1 Å². The maximum absolute atomic E-state index is 12.3. The second kappa shape index (κ2) is 10.8. The minimum absolute atomic E-state index is 0.0858. The van der Waals surface area contributed by atoms with Crippen LogP contribution in [0.2, 0.25) is 0 Å². The zero-order chi connectivity index (χ0) is 21.2. The molecule has 0 radical (unpaired) electrons. The van der Waals surface area contributed by atoms with Crippen LogP contribution in [0.5, 0.6) is 17.2 Å². The lowest BCUT2D eigenvalue weighted by molar-refractivity contribution is -0.143. The number of carbonyl (C=O) groups excluding carboxylic acids is 2. The maximum atomic E-state index is 12.3. The molecule has 0 unspecified atom stereocenters. The molecule has 0 saturated heterocycles. The average Bonchev–Trinajstić information content (AvgIpc) is 2.71. The van der Waals surface area contributed by atoms with Gasteiger partial charge in [-0.3, -0.25) is 9.59 Å². The molecular formula is C20H21F2NO6. The first-order chi connectivity index (χ1) is 13.9. The van der Waals surface area contributed by atoms with Gasteiger partial charge in [0.15, 0.2) is 11.5 Å². The summed E-state index contributed by atoms with van der Waals surface area (Å²) < 4.78 is 44.3. The molecule has 0 fully saturated rings. The van der Waals surface area contributed by atoms with Crippen LogP contribution in [0.4, 0.5) is 8.78 Å². The van der Waals surface area contributed by atoms with Crippen molar-refractivity contribution in [2.75, 3.05) is 20.3 Å². The summed E-state index contributed by atoms with van der Waals surface area (Å²) in [4.78, 5) is 23.9. The normalized spacial score (nSPS) is 10.4. The number of halogens is 2. The highest BCUT2D eigenvalue weighted by Gasteiger charge is 2.13. The van der Waals surface area contributed by atoms with Crippen LogP contribution in [0.25, 0.3) is 0 Å². The average molecular weight is 409 g/mol. The molecule has 0 aliphatic heterocycles. The number of ether oxygens (including phenoxy) is 4. The number of rotatable bonds is 10. The molecule has 1 amide bonds. The van der Waals surface area contributed by atoms with Crippen LogP contribution >= 0.6 is 0 Å². The molecule has 0 aliphatic rings. The lowest BCUT2D eigenvalue weighted by atomic mass is 10.2. The lowest BCUT2D eigenvalue weighted by Crippen LogP contribution is -2.30. The van der Waals surface area contributed by atoms with Crippen LogP contribution < -0.4 is 19.5 Å². The monoisotopic (exact) mass is 409 g/mol. The largest absolute Gasteiger partial charge is 0.494 e.